The highest BCUT2D eigenvalue weighted by molar-refractivity contribution is 7.96. The number of nitrogens with zero attached hydrogens (tertiary/aromatic N) is 2. The highest BCUT2D eigenvalue weighted by atomic mass is 32.1. The summed E-state index contributed by atoms with van der Waals surface area (Å²) in [6.45, 7) is 0.439. The number of phenols is 1. The van der Waals surface area contributed by atoms with Gasteiger partial charge in [-0.15, -0.1) is 12.6 Å². The first-order valence-corrected chi connectivity index (χ1v) is 5.01. The Morgan fingerprint density at radius 2 is 2.19 bits per heavy atom. The summed E-state index contributed by atoms with van der Waals surface area (Å²) in [4.78, 5) is 3.96. The van der Waals surface area contributed by atoms with Crippen molar-refractivity contribution in [3.05, 3.63) is 35.9 Å². The van der Waals surface area contributed by atoms with Gasteiger partial charge in [0, 0.05) is 0 Å². The SMILES string of the molecule is N#CN/C(S)=N/C/C=C/c1ccc(O)cc1. The molecule has 0 spiro atoms. The number of thiol groups is 1. The Morgan fingerprint density at radius 3 is 2.81 bits per heavy atom. The van der Waals surface area contributed by atoms with Crippen LogP contribution in [0.4, 0.5) is 0 Å². The van der Waals surface area contributed by atoms with Crippen molar-refractivity contribution < 1.29 is 5.11 Å². The Hall–Kier alpha value is -1.93. The lowest BCUT2D eigenvalue weighted by Gasteiger charge is -1.94. The number of hydrogen-bond acceptors (Lipinski definition) is 3. The molecule has 0 aliphatic rings. The van der Waals surface area contributed by atoms with Crippen LogP contribution in [0.25, 0.3) is 6.08 Å². The molecule has 0 radical (unpaired) electrons. The van der Waals surface area contributed by atoms with E-state index in [0.29, 0.717) is 6.54 Å². The number of benzene rings is 1. The molecule has 4 nitrogen and oxygen atoms in total. The zero-order chi connectivity index (χ0) is 11.8. The fraction of sp³-hybridized carbons (Fsp3) is 0.0909. The van der Waals surface area contributed by atoms with Crippen LogP contribution in [0.3, 0.4) is 0 Å². The highest BCUT2D eigenvalue weighted by Gasteiger charge is 1.88. The highest BCUT2D eigenvalue weighted by Crippen LogP contribution is 2.10. The predicted octanol–water partition coefficient (Wildman–Crippen LogP) is 1.76. The standard InChI is InChI=1S/C11H11N3OS/c12-8-14-11(16)13-7-1-2-9-3-5-10(15)6-4-9/h1-6,15H,7H2,(H2,13,14,16)/b2-1+. The van der Waals surface area contributed by atoms with Gasteiger partial charge in [-0.2, -0.15) is 5.26 Å². The van der Waals surface area contributed by atoms with E-state index in [1.54, 1.807) is 30.5 Å². The number of hydrogen-bond donors (Lipinski definition) is 3. The van der Waals surface area contributed by atoms with E-state index < -0.39 is 0 Å². The predicted molar refractivity (Wildman–Crippen MR) is 67.2 cm³/mol. The van der Waals surface area contributed by atoms with E-state index in [-0.39, 0.29) is 10.9 Å². The number of aliphatic imine (C=N–C) groups is 1. The minimum Gasteiger partial charge on any atom is -0.508 e. The van der Waals surface area contributed by atoms with Gasteiger partial charge in [-0.05, 0) is 17.7 Å². The van der Waals surface area contributed by atoms with Crippen LogP contribution in [-0.4, -0.2) is 16.8 Å². The zero-order valence-electron chi connectivity index (χ0n) is 8.46. The number of rotatable bonds is 3. The Morgan fingerprint density at radius 1 is 1.50 bits per heavy atom. The molecule has 82 valence electrons. The molecule has 0 fully saturated rings. The van der Waals surface area contributed by atoms with Gasteiger partial charge < -0.3 is 5.11 Å². The van der Waals surface area contributed by atoms with E-state index in [0.717, 1.165) is 5.56 Å². The summed E-state index contributed by atoms with van der Waals surface area (Å²) in [6, 6.07) is 6.82. The van der Waals surface area contributed by atoms with Gasteiger partial charge in [0.2, 0.25) is 0 Å². The fourth-order valence-corrected chi connectivity index (χ4v) is 1.13. The molecule has 0 saturated carbocycles. The summed E-state index contributed by atoms with van der Waals surface area (Å²) >= 11 is 3.93. The van der Waals surface area contributed by atoms with E-state index >= 15 is 0 Å². The molecule has 0 aromatic heterocycles. The molecule has 5 heteroatoms. The second-order valence-corrected chi connectivity index (χ2v) is 3.32. The zero-order valence-corrected chi connectivity index (χ0v) is 9.35. The summed E-state index contributed by atoms with van der Waals surface area (Å²) < 4.78 is 0. The molecule has 0 aliphatic heterocycles. The summed E-state index contributed by atoms with van der Waals surface area (Å²) in [5, 5.41) is 19.9. The lowest BCUT2D eigenvalue weighted by Crippen LogP contribution is -2.10. The van der Waals surface area contributed by atoms with Gasteiger partial charge in [-0.25, -0.2) is 0 Å². The maximum atomic E-state index is 9.07. The molecule has 1 rings (SSSR count). The Labute approximate surface area is 99.4 Å². The van der Waals surface area contributed by atoms with Gasteiger partial charge in [0.05, 0.1) is 6.54 Å². The summed E-state index contributed by atoms with van der Waals surface area (Å²) in [5.41, 5.74) is 0.974. The molecule has 2 N–H and O–H groups in total. The van der Waals surface area contributed by atoms with Crippen LogP contribution in [0.15, 0.2) is 35.3 Å². The fourth-order valence-electron chi connectivity index (χ4n) is 1.00. The van der Waals surface area contributed by atoms with E-state index in [9.17, 15) is 0 Å². The lowest BCUT2D eigenvalue weighted by molar-refractivity contribution is 0.475. The van der Waals surface area contributed by atoms with E-state index in [4.69, 9.17) is 10.4 Å². The Balaban J connectivity index is 2.47. The average Bonchev–Trinajstić information content (AvgIpc) is 2.27. The molecule has 0 heterocycles. The molecular weight excluding hydrogens is 222 g/mol. The molecule has 0 amide bonds. The van der Waals surface area contributed by atoms with Crippen LogP contribution in [0.2, 0.25) is 0 Å². The average molecular weight is 233 g/mol. The summed E-state index contributed by atoms with van der Waals surface area (Å²) in [6.07, 6.45) is 5.43. The number of nitrogens with one attached hydrogen (secondary N) is 1. The molecule has 1 aromatic rings. The quantitative estimate of drug-likeness (QED) is 0.245. The van der Waals surface area contributed by atoms with Crippen molar-refractivity contribution in [2.75, 3.05) is 6.54 Å². The molecular formula is C11H11N3OS. The van der Waals surface area contributed by atoms with Gasteiger partial charge in [0.25, 0.3) is 0 Å². The van der Waals surface area contributed by atoms with Crippen LogP contribution in [-0.2, 0) is 0 Å². The van der Waals surface area contributed by atoms with Crippen molar-refractivity contribution in [3.63, 3.8) is 0 Å². The summed E-state index contributed by atoms with van der Waals surface area (Å²) in [5.74, 6) is 0.242. The van der Waals surface area contributed by atoms with Crippen LogP contribution in [0.5, 0.6) is 5.75 Å². The normalized spacial score (nSPS) is 11.4. The van der Waals surface area contributed by atoms with Crippen LogP contribution >= 0.6 is 12.6 Å². The molecule has 0 saturated heterocycles. The number of amidine groups is 1. The van der Waals surface area contributed by atoms with Crippen LogP contribution in [0.1, 0.15) is 5.56 Å². The smallest absolute Gasteiger partial charge is 0.183 e. The third-order valence-electron chi connectivity index (χ3n) is 1.72. The second-order valence-electron chi connectivity index (χ2n) is 2.89. The van der Waals surface area contributed by atoms with E-state index in [2.05, 4.69) is 22.9 Å². The van der Waals surface area contributed by atoms with E-state index in [1.807, 2.05) is 12.2 Å². The minimum atomic E-state index is 0.242. The molecule has 0 bridgehead atoms. The first-order valence-electron chi connectivity index (χ1n) is 4.56. The maximum Gasteiger partial charge on any atom is 0.183 e. The molecule has 16 heavy (non-hydrogen) atoms. The number of phenolic OH excluding ortho intramolecular Hbond substituents is 1. The van der Waals surface area contributed by atoms with Crippen LogP contribution < -0.4 is 5.32 Å². The van der Waals surface area contributed by atoms with Crippen molar-refractivity contribution in [2.45, 2.75) is 0 Å². The first-order chi connectivity index (χ1) is 7.72. The Bertz CT molecular complexity index is 432. The van der Waals surface area contributed by atoms with E-state index in [1.165, 1.54) is 0 Å². The van der Waals surface area contributed by atoms with Gasteiger partial charge >= 0.3 is 0 Å². The molecule has 0 unspecified atom stereocenters. The second kappa shape index (κ2) is 6.53. The van der Waals surface area contributed by atoms with Crippen LogP contribution in [0, 0.1) is 11.5 Å². The third-order valence-corrected chi connectivity index (χ3v) is 1.97. The third kappa shape index (κ3) is 4.53. The lowest BCUT2D eigenvalue weighted by atomic mass is 10.2. The van der Waals surface area contributed by atoms with Gasteiger partial charge in [0.1, 0.15) is 5.75 Å². The molecule has 1 aromatic carbocycles. The van der Waals surface area contributed by atoms with Crippen molar-refractivity contribution in [1.29, 1.82) is 5.26 Å². The van der Waals surface area contributed by atoms with Crippen molar-refractivity contribution >= 4 is 23.9 Å². The van der Waals surface area contributed by atoms with Gasteiger partial charge in [0.15, 0.2) is 11.4 Å². The number of nitriles is 1. The molecule has 0 aliphatic carbocycles. The summed E-state index contributed by atoms with van der Waals surface area (Å²) in [7, 11) is 0. The van der Waals surface area contributed by atoms with Gasteiger partial charge in [-0.1, -0.05) is 24.3 Å². The van der Waals surface area contributed by atoms with Crippen molar-refractivity contribution in [2.24, 2.45) is 4.99 Å². The first kappa shape index (κ1) is 12.1. The van der Waals surface area contributed by atoms with Crippen molar-refractivity contribution in [3.8, 4) is 11.9 Å². The minimum absolute atomic E-state index is 0.242. The topological polar surface area (TPSA) is 68.4 Å². The van der Waals surface area contributed by atoms with Crippen molar-refractivity contribution in [1.82, 2.24) is 5.32 Å². The Kier molecular flexibility index (Phi) is 4.96. The largest absolute Gasteiger partial charge is 0.508 e. The van der Waals surface area contributed by atoms with Gasteiger partial charge in [-0.3, -0.25) is 10.3 Å². The monoisotopic (exact) mass is 233 g/mol. The number of aromatic hydroxyl groups is 1. The maximum absolute atomic E-state index is 9.07. The molecule has 0 atom stereocenters.